The van der Waals surface area contributed by atoms with Crippen LogP contribution < -0.4 is 5.32 Å². The molecule has 2 unspecified atom stereocenters. The number of aromatic amines is 1. The summed E-state index contributed by atoms with van der Waals surface area (Å²) in [7, 11) is 0. The minimum atomic E-state index is -0.394. The molecule has 5 nitrogen and oxygen atoms in total. The highest BCUT2D eigenvalue weighted by molar-refractivity contribution is 5.08. The Labute approximate surface area is 82.5 Å². The Bertz CT molecular complexity index is 300. The number of nitrogens with one attached hydrogen (secondary N) is 2. The molecular weight excluding hydrogens is 182 g/mol. The highest BCUT2D eigenvalue weighted by Gasteiger charge is 2.25. The molecule has 2 atom stereocenters. The smallest absolute Gasteiger partial charge is 0.0948 e. The van der Waals surface area contributed by atoms with Crippen LogP contribution in [0.5, 0.6) is 0 Å². The zero-order chi connectivity index (χ0) is 9.97. The fraction of sp³-hybridized carbons (Fsp3) is 0.667. The van der Waals surface area contributed by atoms with E-state index in [4.69, 9.17) is 4.74 Å². The first-order valence-corrected chi connectivity index (χ1v) is 4.75. The molecule has 0 radical (unpaired) electrons. The number of hydrogen-bond acceptors (Lipinski definition) is 4. The topological polar surface area (TPSA) is 70.2 Å². The van der Waals surface area contributed by atoms with Crippen molar-refractivity contribution in [2.24, 2.45) is 0 Å². The van der Waals surface area contributed by atoms with Crippen LogP contribution in [0.15, 0.2) is 6.33 Å². The first-order chi connectivity index (χ1) is 6.77. The summed E-state index contributed by atoms with van der Waals surface area (Å²) < 4.78 is 5.13. The van der Waals surface area contributed by atoms with Crippen LogP contribution in [0, 0.1) is 6.92 Å². The van der Waals surface area contributed by atoms with Gasteiger partial charge >= 0.3 is 0 Å². The molecule has 0 amide bonds. The summed E-state index contributed by atoms with van der Waals surface area (Å²) in [5.41, 5.74) is 2.05. The number of nitrogens with zero attached hydrogens (tertiary/aromatic N) is 1. The molecule has 1 aliphatic heterocycles. The summed E-state index contributed by atoms with van der Waals surface area (Å²) >= 11 is 0. The lowest BCUT2D eigenvalue weighted by molar-refractivity contribution is 0.122. The van der Waals surface area contributed by atoms with Gasteiger partial charge in [0.25, 0.3) is 0 Å². The van der Waals surface area contributed by atoms with E-state index in [2.05, 4.69) is 15.3 Å². The summed E-state index contributed by atoms with van der Waals surface area (Å²) in [6, 6.07) is 0.0334. The van der Waals surface area contributed by atoms with Crippen molar-refractivity contribution in [3.05, 3.63) is 17.7 Å². The highest BCUT2D eigenvalue weighted by atomic mass is 16.5. The summed E-state index contributed by atoms with van der Waals surface area (Å²) in [4.78, 5) is 7.17. The number of H-pyrrole nitrogens is 1. The van der Waals surface area contributed by atoms with E-state index in [9.17, 15) is 5.11 Å². The van der Waals surface area contributed by atoms with Crippen LogP contribution >= 0.6 is 0 Å². The van der Waals surface area contributed by atoms with Gasteiger partial charge in [-0.1, -0.05) is 0 Å². The molecule has 1 aromatic rings. The largest absolute Gasteiger partial charge is 0.389 e. The monoisotopic (exact) mass is 197 g/mol. The van der Waals surface area contributed by atoms with Gasteiger partial charge in [0, 0.05) is 12.2 Å². The Balaban J connectivity index is 1.85. The van der Waals surface area contributed by atoms with Crippen LogP contribution in [0.1, 0.15) is 11.4 Å². The molecular formula is C9H15N3O2. The molecule has 78 valence electrons. The first-order valence-electron chi connectivity index (χ1n) is 4.75. The van der Waals surface area contributed by atoms with Crippen molar-refractivity contribution in [1.82, 2.24) is 15.3 Å². The number of rotatable bonds is 3. The van der Waals surface area contributed by atoms with Gasteiger partial charge in [0.15, 0.2) is 0 Å². The molecule has 0 spiro atoms. The fourth-order valence-electron chi connectivity index (χ4n) is 1.53. The van der Waals surface area contributed by atoms with E-state index in [1.807, 2.05) is 6.92 Å². The van der Waals surface area contributed by atoms with E-state index in [1.54, 1.807) is 6.33 Å². The average molecular weight is 197 g/mol. The SMILES string of the molecule is Cc1[nH]cnc1CNC1COCC1O. The van der Waals surface area contributed by atoms with Crippen molar-refractivity contribution in [3.63, 3.8) is 0 Å². The Hall–Kier alpha value is -0.910. The van der Waals surface area contributed by atoms with Crippen molar-refractivity contribution >= 4 is 0 Å². The average Bonchev–Trinajstić information content (AvgIpc) is 2.72. The Morgan fingerprint density at radius 1 is 1.71 bits per heavy atom. The van der Waals surface area contributed by atoms with Gasteiger partial charge in [-0.3, -0.25) is 0 Å². The maximum absolute atomic E-state index is 9.47. The summed E-state index contributed by atoms with van der Waals surface area (Å²) in [5.74, 6) is 0. The Kier molecular flexibility index (Phi) is 2.81. The molecule has 3 N–H and O–H groups in total. The van der Waals surface area contributed by atoms with Crippen molar-refractivity contribution < 1.29 is 9.84 Å². The van der Waals surface area contributed by atoms with E-state index in [0.717, 1.165) is 11.4 Å². The van der Waals surface area contributed by atoms with Crippen molar-refractivity contribution in [2.75, 3.05) is 13.2 Å². The number of hydrogen-bond donors (Lipinski definition) is 3. The van der Waals surface area contributed by atoms with Crippen LogP contribution in [-0.4, -0.2) is 40.4 Å². The molecule has 1 saturated heterocycles. The Morgan fingerprint density at radius 3 is 3.14 bits per heavy atom. The fourth-order valence-corrected chi connectivity index (χ4v) is 1.53. The lowest BCUT2D eigenvalue weighted by atomic mass is 10.2. The first kappa shape index (κ1) is 9.64. The van der Waals surface area contributed by atoms with Crippen LogP contribution in [0.25, 0.3) is 0 Å². The molecule has 2 rings (SSSR count). The number of aliphatic hydroxyl groups is 1. The van der Waals surface area contributed by atoms with Gasteiger partial charge < -0.3 is 20.1 Å². The van der Waals surface area contributed by atoms with Gasteiger partial charge in [0.1, 0.15) is 0 Å². The standard InChI is InChI=1S/C9H15N3O2/c1-6-7(12-5-11-6)2-10-8-3-14-4-9(8)13/h5,8-10,13H,2-4H2,1H3,(H,11,12). The van der Waals surface area contributed by atoms with E-state index < -0.39 is 6.10 Å². The molecule has 1 aromatic heterocycles. The summed E-state index contributed by atoms with van der Waals surface area (Å²) in [6.45, 7) is 3.65. The quantitative estimate of drug-likeness (QED) is 0.615. The third-order valence-electron chi connectivity index (χ3n) is 2.52. The van der Waals surface area contributed by atoms with Crippen molar-refractivity contribution in [3.8, 4) is 0 Å². The maximum atomic E-state index is 9.47. The van der Waals surface area contributed by atoms with E-state index >= 15 is 0 Å². The van der Waals surface area contributed by atoms with E-state index in [0.29, 0.717) is 19.8 Å². The lowest BCUT2D eigenvalue weighted by Gasteiger charge is -2.13. The van der Waals surface area contributed by atoms with Gasteiger partial charge in [-0.25, -0.2) is 4.98 Å². The number of imidazole rings is 1. The predicted molar refractivity (Wildman–Crippen MR) is 50.8 cm³/mol. The Morgan fingerprint density at radius 2 is 2.57 bits per heavy atom. The normalized spacial score (nSPS) is 27.0. The zero-order valence-corrected chi connectivity index (χ0v) is 8.16. The molecule has 0 saturated carbocycles. The lowest BCUT2D eigenvalue weighted by Crippen LogP contribution is -2.38. The summed E-state index contributed by atoms with van der Waals surface area (Å²) in [5, 5.41) is 12.7. The molecule has 2 heterocycles. The molecule has 0 aromatic carbocycles. The van der Waals surface area contributed by atoms with Crippen molar-refractivity contribution in [1.29, 1.82) is 0 Å². The molecule has 0 bridgehead atoms. The number of aromatic nitrogens is 2. The molecule has 1 fully saturated rings. The van der Waals surface area contributed by atoms with Gasteiger partial charge in [-0.05, 0) is 6.92 Å². The summed E-state index contributed by atoms with van der Waals surface area (Å²) in [6.07, 6.45) is 1.28. The van der Waals surface area contributed by atoms with E-state index in [1.165, 1.54) is 0 Å². The number of ether oxygens (including phenoxy) is 1. The third kappa shape index (κ3) is 1.95. The third-order valence-corrected chi connectivity index (χ3v) is 2.52. The number of aliphatic hydroxyl groups excluding tert-OH is 1. The molecule has 5 heteroatoms. The predicted octanol–water partition coefficient (Wildman–Crippen LogP) is -0.433. The van der Waals surface area contributed by atoms with Crippen LogP contribution in [0.2, 0.25) is 0 Å². The van der Waals surface area contributed by atoms with Gasteiger partial charge in [-0.2, -0.15) is 0 Å². The van der Waals surface area contributed by atoms with Crippen LogP contribution in [0.4, 0.5) is 0 Å². The second-order valence-corrected chi connectivity index (χ2v) is 3.57. The van der Waals surface area contributed by atoms with Crippen LogP contribution in [0.3, 0.4) is 0 Å². The molecule has 0 aliphatic carbocycles. The minimum absolute atomic E-state index is 0.0334. The van der Waals surface area contributed by atoms with Gasteiger partial charge in [0.2, 0.25) is 0 Å². The van der Waals surface area contributed by atoms with Crippen LogP contribution in [-0.2, 0) is 11.3 Å². The second-order valence-electron chi connectivity index (χ2n) is 3.57. The highest BCUT2D eigenvalue weighted by Crippen LogP contribution is 2.07. The van der Waals surface area contributed by atoms with Gasteiger partial charge in [0.05, 0.1) is 37.4 Å². The molecule has 1 aliphatic rings. The number of aryl methyl sites for hydroxylation is 1. The zero-order valence-electron chi connectivity index (χ0n) is 8.16. The maximum Gasteiger partial charge on any atom is 0.0948 e. The van der Waals surface area contributed by atoms with E-state index in [-0.39, 0.29) is 6.04 Å². The second kappa shape index (κ2) is 4.08. The molecule has 14 heavy (non-hydrogen) atoms. The van der Waals surface area contributed by atoms with Crippen molar-refractivity contribution in [2.45, 2.75) is 25.6 Å². The minimum Gasteiger partial charge on any atom is -0.389 e. The van der Waals surface area contributed by atoms with Gasteiger partial charge in [-0.15, -0.1) is 0 Å².